The summed E-state index contributed by atoms with van der Waals surface area (Å²) in [6.45, 7) is 0.575. The van der Waals surface area contributed by atoms with Crippen molar-refractivity contribution in [3.63, 3.8) is 0 Å². The number of aliphatic carboxylic acids is 1. The van der Waals surface area contributed by atoms with Gasteiger partial charge in [-0.05, 0) is 34.6 Å². The average molecular weight is 473 g/mol. The summed E-state index contributed by atoms with van der Waals surface area (Å²) in [6, 6.07) is 16.2. The van der Waals surface area contributed by atoms with Gasteiger partial charge in [0.2, 0.25) is 0 Å². The topological polar surface area (TPSA) is 131 Å². The minimum absolute atomic E-state index is 0.0244. The molecule has 2 unspecified atom stereocenters. The number of hydrogen-bond acceptors (Lipinski definition) is 6. The average Bonchev–Trinajstić information content (AvgIpc) is 3.60. The van der Waals surface area contributed by atoms with Gasteiger partial charge in [-0.3, -0.25) is 9.59 Å². The van der Waals surface area contributed by atoms with Gasteiger partial charge in [0.25, 0.3) is 5.91 Å². The van der Waals surface area contributed by atoms with Crippen molar-refractivity contribution >= 4 is 18.0 Å². The maximum atomic E-state index is 12.3. The number of carboxylic acids is 1. The molecule has 0 bridgehead atoms. The molecule has 0 radical (unpaired) electrons. The van der Waals surface area contributed by atoms with Crippen LogP contribution in [0, 0.1) is 11.8 Å². The fourth-order valence-corrected chi connectivity index (χ4v) is 4.47. The number of nitrogens with zero attached hydrogens (tertiary/aromatic N) is 2. The highest BCUT2D eigenvalue weighted by atomic mass is 16.5. The Labute approximate surface area is 201 Å². The van der Waals surface area contributed by atoms with Crippen LogP contribution in [0.15, 0.2) is 60.9 Å². The minimum atomic E-state index is -0.833. The molecule has 9 nitrogen and oxygen atoms in total. The van der Waals surface area contributed by atoms with Crippen LogP contribution in [0.5, 0.6) is 0 Å². The Bertz CT molecular complexity index is 1230. The molecule has 0 aliphatic heterocycles. The van der Waals surface area contributed by atoms with Crippen molar-refractivity contribution in [2.45, 2.75) is 18.9 Å². The van der Waals surface area contributed by atoms with Gasteiger partial charge in [0.15, 0.2) is 0 Å². The minimum Gasteiger partial charge on any atom is -0.481 e. The van der Waals surface area contributed by atoms with Crippen LogP contribution in [0.25, 0.3) is 11.1 Å². The lowest BCUT2D eigenvalue weighted by Gasteiger charge is -2.14. The van der Waals surface area contributed by atoms with Crippen LogP contribution in [0.4, 0.5) is 4.79 Å². The van der Waals surface area contributed by atoms with E-state index in [1.807, 2.05) is 24.3 Å². The molecule has 1 fully saturated rings. The highest BCUT2D eigenvalue weighted by Crippen LogP contribution is 2.44. The number of amides is 2. The van der Waals surface area contributed by atoms with Gasteiger partial charge in [0, 0.05) is 24.9 Å². The van der Waals surface area contributed by atoms with Gasteiger partial charge in [-0.1, -0.05) is 48.5 Å². The first-order chi connectivity index (χ1) is 17.0. The number of aromatic nitrogens is 2. The van der Waals surface area contributed by atoms with Gasteiger partial charge in [-0.15, -0.1) is 0 Å². The van der Waals surface area contributed by atoms with Gasteiger partial charge in [0.05, 0.1) is 18.0 Å². The van der Waals surface area contributed by atoms with Crippen LogP contribution in [0.2, 0.25) is 0 Å². The molecule has 1 aromatic heterocycles. The number of carbonyl (C=O) groups excluding carboxylic acids is 2. The molecule has 5 rings (SSSR count). The third-order valence-corrected chi connectivity index (χ3v) is 6.47. The van der Waals surface area contributed by atoms with E-state index in [1.54, 1.807) is 0 Å². The zero-order valence-electron chi connectivity index (χ0n) is 18.8. The predicted molar refractivity (Wildman–Crippen MR) is 126 cm³/mol. The molecule has 1 saturated carbocycles. The number of fused-ring (bicyclic) bond motifs is 3. The molecule has 2 aromatic carbocycles. The standard InChI is InChI=1S/C26H24N4O5/c31-24(29-10-15-9-21(15)25(32)33)16-11-27-23(28-12-16)13-30-26(34)35-14-22-19-7-3-1-5-17(19)18-6-2-4-8-20(18)22/h1-8,11-12,15,21-22H,9-10,13-14H2,(H,29,31)(H,30,34)(H,32,33). The maximum absolute atomic E-state index is 12.3. The first-order valence-corrected chi connectivity index (χ1v) is 11.4. The second kappa shape index (κ2) is 9.54. The summed E-state index contributed by atoms with van der Waals surface area (Å²) in [5, 5.41) is 14.3. The second-order valence-corrected chi connectivity index (χ2v) is 8.72. The van der Waals surface area contributed by atoms with Crippen LogP contribution >= 0.6 is 0 Å². The van der Waals surface area contributed by atoms with E-state index < -0.39 is 12.1 Å². The number of alkyl carbamates (subject to hydrolysis) is 1. The third-order valence-electron chi connectivity index (χ3n) is 6.47. The van der Waals surface area contributed by atoms with Crippen molar-refractivity contribution in [3.8, 4) is 11.1 Å². The fourth-order valence-electron chi connectivity index (χ4n) is 4.47. The summed E-state index contributed by atoms with van der Waals surface area (Å²) < 4.78 is 5.50. The Balaban J connectivity index is 1.10. The van der Waals surface area contributed by atoms with E-state index in [-0.39, 0.29) is 42.4 Å². The summed E-state index contributed by atoms with van der Waals surface area (Å²) in [6.07, 6.45) is 2.75. The SMILES string of the molecule is O=C(NCc1ncc(C(=O)NCC2CC2C(=O)O)cn1)OCC1c2ccccc2-c2ccccc21. The zero-order valence-corrected chi connectivity index (χ0v) is 18.8. The van der Waals surface area contributed by atoms with Crippen molar-refractivity contribution in [1.29, 1.82) is 0 Å². The van der Waals surface area contributed by atoms with Crippen LogP contribution in [0.3, 0.4) is 0 Å². The van der Waals surface area contributed by atoms with Crippen LogP contribution in [-0.2, 0) is 16.1 Å². The summed E-state index contributed by atoms with van der Waals surface area (Å²) >= 11 is 0. The zero-order chi connectivity index (χ0) is 24.4. The number of carbonyl (C=O) groups is 3. The quantitative estimate of drug-likeness (QED) is 0.459. The van der Waals surface area contributed by atoms with Crippen molar-refractivity contribution in [3.05, 3.63) is 83.4 Å². The number of hydrogen-bond donors (Lipinski definition) is 3. The van der Waals surface area contributed by atoms with E-state index in [0.29, 0.717) is 18.8 Å². The predicted octanol–water partition coefficient (Wildman–Crippen LogP) is 2.97. The molecular formula is C26H24N4O5. The van der Waals surface area contributed by atoms with Gasteiger partial charge >= 0.3 is 12.1 Å². The lowest BCUT2D eigenvalue weighted by Crippen LogP contribution is -2.28. The molecule has 35 heavy (non-hydrogen) atoms. The first kappa shape index (κ1) is 22.5. The van der Waals surface area contributed by atoms with Crippen LogP contribution < -0.4 is 10.6 Å². The summed E-state index contributed by atoms with van der Waals surface area (Å²) in [7, 11) is 0. The molecule has 178 valence electrons. The molecule has 2 amide bonds. The molecular weight excluding hydrogens is 448 g/mol. The molecule has 3 N–H and O–H groups in total. The number of nitrogens with one attached hydrogen (secondary N) is 2. The summed E-state index contributed by atoms with van der Waals surface area (Å²) in [5.41, 5.74) is 4.86. The fraction of sp³-hybridized carbons (Fsp3) is 0.269. The van der Waals surface area contributed by atoms with Crippen LogP contribution in [-0.4, -0.2) is 46.2 Å². The summed E-state index contributed by atoms with van der Waals surface area (Å²) in [5.74, 6) is -1.29. The van der Waals surface area contributed by atoms with Crippen molar-refractivity contribution in [2.24, 2.45) is 11.8 Å². The molecule has 2 aliphatic rings. The third kappa shape index (κ3) is 4.84. The van der Waals surface area contributed by atoms with Crippen molar-refractivity contribution in [2.75, 3.05) is 13.2 Å². The molecule has 2 aliphatic carbocycles. The normalized spacial score (nSPS) is 17.7. The molecule has 2 atom stereocenters. The Morgan fingerprint density at radius 1 is 0.943 bits per heavy atom. The van der Waals surface area contributed by atoms with Gasteiger partial charge in [0.1, 0.15) is 12.4 Å². The lowest BCUT2D eigenvalue weighted by molar-refractivity contribution is -0.138. The highest BCUT2D eigenvalue weighted by molar-refractivity contribution is 5.93. The van der Waals surface area contributed by atoms with E-state index in [2.05, 4.69) is 44.9 Å². The molecule has 3 aromatic rings. The largest absolute Gasteiger partial charge is 0.481 e. The first-order valence-electron chi connectivity index (χ1n) is 11.4. The van der Waals surface area contributed by atoms with Crippen LogP contribution in [0.1, 0.15) is 39.6 Å². The molecule has 0 spiro atoms. The molecule has 9 heteroatoms. The van der Waals surface area contributed by atoms with E-state index >= 15 is 0 Å². The Kier molecular flexibility index (Phi) is 6.13. The Morgan fingerprint density at radius 2 is 1.57 bits per heavy atom. The monoisotopic (exact) mass is 472 g/mol. The second-order valence-electron chi connectivity index (χ2n) is 8.72. The van der Waals surface area contributed by atoms with Crippen molar-refractivity contribution in [1.82, 2.24) is 20.6 Å². The number of ether oxygens (including phenoxy) is 1. The molecule has 0 saturated heterocycles. The van der Waals surface area contributed by atoms with Gasteiger partial charge in [-0.25, -0.2) is 14.8 Å². The Morgan fingerprint density at radius 3 is 2.17 bits per heavy atom. The van der Waals surface area contributed by atoms with E-state index in [0.717, 1.165) is 22.3 Å². The highest BCUT2D eigenvalue weighted by Gasteiger charge is 2.43. The van der Waals surface area contributed by atoms with Gasteiger partial charge in [-0.2, -0.15) is 0 Å². The van der Waals surface area contributed by atoms with E-state index in [4.69, 9.17) is 9.84 Å². The van der Waals surface area contributed by atoms with Crippen molar-refractivity contribution < 1.29 is 24.2 Å². The smallest absolute Gasteiger partial charge is 0.407 e. The van der Waals surface area contributed by atoms with E-state index in [9.17, 15) is 14.4 Å². The summed E-state index contributed by atoms with van der Waals surface area (Å²) in [4.78, 5) is 43.6. The lowest BCUT2D eigenvalue weighted by atomic mass is 9.98. The number of rotatable bonds is 8. The maximum Gasteiger partial charge on any atom is 0.407 e. The van der Waals surface area contributed by atoms with E-state index in [1.165, 1.54) is 12.4 Å². The number of benzene rings is 2. The molecule has 1 heterocycles. The Hall–Kier alpha value is -4.27. The van der Waals surface area contributed by atoms with Gasteiger partial charge < -0.3 is 20.5 Å². The number of carboxylic acid groups (broad SMARTS) is 1.